The van der Waals surface area contributed by atoms with Crippen LogP contribution in [0.2, 0.25) is 0 Å². The van der Waals surface area contributed by atoms with E-state index in [1.807, 2.05) is 26.8 Å². The summed E-state index contributed by atoms with van der Waals surface area (Å²) in [6, 6.07) is 3.47. The standard InChI is InChI=1S/C18H19N5O2/c1-8-4-5-12(24)9(2)15(8)23-16(19)14-13-11(6-7-20-18(14)25)21-10(3)22-17(13)23/h4-5,24H,6-7,19H2,1-3H3,(H,20,25). The van der Waals surface area contributed by atoms with Crippen molar-refractivity contribution >= 4 is 22.8 Å². The van der Waals surface area contributed by atoms with Gasteiger partial charge in [0.2, 0.25) is 0 Å². The molecular weight excluding hydrogens is 318 g/mol. The Balaban J connectivity index is 2.21. The largest absolute Gasteiger partial charge is 0.508 e. The van der Waals surface area contributed by atoms with Gasteiger partial charge < -0.3 is 16.2 Å². The van der Waals surface area contributed by atoms with Crippen molar-refractivity contribution in [2.24, 2.45) is 0 Å². The molecule has 7 heteroatoms. The molecule has 0 spiro atoms. The van der Waals surface area contributed by atoms with Gasteiger partial charge in [0.15, 0.2) is 5.65 Å². The number of nitrogen functional groups attached to an aromatic ring is 1. The fourth-order valence-corrected chi connectivity index (χ4v) is 3.58. The van der Waals surface area contributed by atoms with Gasteiger partial charge in [-0.3, -0.25) is 9.36 Å². The van der Waals surface area contributed by atoms with Crippen LogP contribution in [0.1, 0.15) is 33.0 Å². The van der Waals surface area contributed by atoms with E-state index in [-0.39, 0.29) is 11.7 Å². The second-order valence-electron chi connectivity index (χ2n) is 6.39. The van der Waals surface area contributed by atoms with Crippen LogP contribution in [0.25, 0.3) is 16.7 Å². The summed E-state index contributed by atoms with van der Waals surface area (Å²) in [5.41, 5.74) is 10.6. The van der Waals surface area contributed by atoms with Crippen molar-refractivity contribution in [3.63, 3.8) is 0 Å². The zero-order valence-corrected chi connectivity index (χ0v) is 14.3. The lowest BCUT2D eigenvalue weighted by atomic mass is 10.1. The highest BCUT2D eigenvalue weighted by Crippen LogP contribution is 2.37. The van der Waals surface area contributed by atoms with Gasteiger partial charge in [-0.15, -0.1) is 0 Å². The topological polar surface area (TPSA) is 106 Å². The highest BCUT2D eigenvalue weighted by Gasteiger charge is 2.29. The molecule has 0 radical (unpaired) electrons. The van der Waals surface area contributed by atoms with Crippen LogP contribution in [-0.2, 0) is 6.42 Å². The van der Waals surface area contributed by atoms with E-state index in [1.54, 1.807) is 10.6 Å². The smallest absolute Gasteiger partial charge is 0.255 e. The number of benzene rings is 1. The number of carbonyl (C=O) groups is 1. The van der Waals surface area contributed by atoms with Crippen molar-refractivity contribution in [1.29, 1.82) is 0 Å². The summed E-state index contributed by atoms with van der Waals surface area (Å²) in [7, 11) is 0. The summed E-state index contributed by atoms with van der Waals surface area (Å²) in [6.07, 6.45) is 0.625. The van der Waals surface area contributed by atoms with Crippen LogP contribution in [0.5, 0.6) is 5.75 Å². The van der Waals surface area contributed by atoms with Crippen molar-refractivity contribution in [2.45, 2.75) is 27.2 Å². The van der Waals surface area contributed by atoms with E-state index in [4.69, 9.17) is 5.73 Å². The molecule has 0 aliphatic carbocycles. The highest BCUT2D eigenvalue weighted by molar-refractivity contribution is 6.13. The maximum absolute atomic E-state index is 12.6. The van der Waals surface area contributed by atoms with Crippen molar-refractivity contribution in [1.82, 2.24) is 19.9 Å². The molecule has 2 aromatic heterocycles. The molecule has 25 heavy (non-hydrogen) atoms. The number of anilines is 1. The molecule has 0 saturated carbocycles. The number of aryl methyl sites for hydroxylation is 2. The molecule has 0 bridgehead atoms. The number of phenolic OH excluding ortho intramolecular Hbond substituents is 1. The molecule has 0 fully saturated rings. The Morgan fingerprint density at radius 3 is 2.76 bits per heavy atom. The van der Waals surface area contributed by atoms with Gasteiger partial charge in [0.25, 0.3) is 5.91 Å². The predicted octanol–water partition coefficient (Wildman–Crippen LogP) is 1.92. The molecule has 0 unspecified atom stereocenters. The van der Waals surface area contributed by atoms with Crippen LogP contribution in [0, 0.1) is 20.8 Å². The average Bonchev–Trinajstić information content (AvgIpc) is 2.73. The van der Waals surface area contributed by atoms with Gasteiger partial charge in [-0.1, -0.05) is 6.07 Å². The molecule has 1 aromatic carbocycles. The summed E-state index contributed by atoms with van der Waals surface area (Å²) in [5.74, 6) is 0.888. The third kappa shape index (κ3) is 2.08. The van der Waals surface area contributed by atoms with E-state index < -0.39 is 0 Å². The van der Waals surface area contributed by atoms with Gasteiger partial charge in [0.1, 0.15) is 17.4 Å². The van der Waals surface area contributed by atoms with Gasteiger partial charge in [-0.05, 0) is 32.4 Å². The number of rotatable bonds is 1. The first-order valence-electron chi connectivity index (χ1n) is 8.15. The number of hydrogen-bond acceptors (Lipinski definition) is 5. The van der Waals surface area contributed by atoms with E-state index >= 15 is 0 Å². The zero-order valence-electron chi connectivity index (χ0n) is 14.3. The lowest BCUT2D eigenvalue weighted by Crippen LogP contribution is -2.24. The molecule has 3 aromatic rings. The molecule has 0 atom stereocenters. The molecule has 4 rings (SSSR count). The second-order valence-corrected chi connectivity index (χ2v) is 6.39. The molecule has 128 valence electrons. The summed E-state index contributed by atoms with van der Waals surface area (Å²) >= 11 is 0. The molecule has 4 N–H and O–H groups in total. The Labute approximate surface area is 144 Å². The van der Waals surface area contributed by atoms with E-state index in [1.165, 1.54) is 0 Å². The van der Waals surface area contributed by atoms with Crippen LogP contribution >= 0.6 is 0 Å². The maximum atomic E-state index is 12.6. The van der Waals surface area contributed by atoms with Crippen LogP contribution in [-0.4, -0.2) is 32.1 Å². The number of nitrogens with two attached hydrogens (primary N) is 1. The first kappa shape index (κ1) is 15.4. The molecule has 7 nitrogen and oxygen atoms in total. The number of phenols is 1. The van der Waals surface area contributed by atoms with Gasteiger partial charge in [-0.25, -0.2) is 9.97 Å². The molecular formula is C18H19N5O2. The third-order valence-corrected chi connectivity index (χ3v) is 4.74. The number of hydrogen-bond donors (Lipinski definition) is 3. The SMILES string of the molecule is Cc1nc2c3c(c(N)n(-c4c(C)ccc(O)c4C)c3n1)C(=O)NCC2. The Bertz CT molecular complexity index is 1050. The summed E-state index contributed by atoms with van der Waals surface area (Å²) < 4.78 is 1.76. The van der Waals surface area contributed by atoms with E-state index in [2.05, 4.69) is 15.3 Å². The quantitative estimate of drug-likeness (QED) is 0.629. The number of nitrogens with zero attached hydrogens (tertiary/aromatic N) is 3. The maximum Gasteiger partial charge on any atom is 0.255 e. The number of aromatic hydroxyl groups is 1. The molecule has 1 aliphatic rings. The van der Waals surface area contributed by atoms with Gasteiger partial charge in [0.05, 0.1) is 22.3 Å². The normalized spacial score (nSPS) is 13.8. The van der Waals surface area contributed by atoms with Crippen LogP contribution in [0.15, 0.2) is 12.1 Å². The molecule has 1 aliphatic heterocycles. The first-order chi connectivity index (χ1) is 11.9. The number of amides is 1. The monoisotopic (exact) mass is 337 g/mol. The van der Waals surface area contributed by atoms with Gasteiger partial charge >= 0.3 is 0 Å². The van der Waals surface area contributed by atoms with Crippen molar-refractivity contribution in [3.8, 4) is 11.4 Å². The van der Waals surface area contributed by atoms with Gasteiger partial charge in [-0.2, -0.15) is 0 Å². The summed E-state index contributed by atoms with van der Waals surface area (Å²) in [6.45, 7) is 6.10. The average molecular weight is 337 g/mol. The molecule has 0 saturated heterocycles. The Morgan fingerprint density at radius 2 is 2.00 bits per heavy atom. The predicted molar refractivity (Wildman–Crippen MR) is 95.2 cm³/mol. The fraction of sp³-hybridized carbons (Fsp3) is 0.278. The Kier molecular flexibility index (Phi) is 3.21. The number of aromatic nitrogens is 3. The second kappa shape index (κ2) is 5.20. The Morgan fingerprint density at radius 1 is 1.24 bits per heavy atom. The fourth-order valence-electron chi connectivity index (χ4n) is 3.58. The van der Waals surface area contributed by atoms with Crippen LogP contribution < -0.4 is 11.1 Å². The number of nitrogens with one attached hydrogen (secondary N) is 1. The minimum absolute atomic E-state index is 0.172. The van der Waals surface area contributed by atoms with E-state index in [0.29, 0.717) is 46.8 Å². The van der Waals surface area contributed by atoms with Crippen molar-refractivity contribution in [2.75, 3.05) is 12.3 Å². The summed E-state index contributed by atoms with van der Waals surface area (Å²) in [4.78, 5) is 21.7. The van der Waals surface area contributed by atoms with Crippen molar-refractivity contribution < 1.29 is 9.90 Å². The minimum Gasteiger partial charge on any atom is -0.508 e. The molecule has 3 heterocycles. The van der Waals surface area contributed by atoms with Crippen LogP contribution in [0.3, 0.4) is 0 Å². The Hall–Kier alpha value is -3.09. The highest BCUT2D eigenvalue weighted by atomic mass is 16.3. The van der Waals surface area contributed by atoms with Crippen LogP contribution in [0.4, 0.5) is 5.82 Å². The first-order valence-corrected chi connectivity index (χ1v) is 8.15. The zero-order chi connectivity index (χ0) is 17.9. The summed E-state index contributed by atoms with van der Waals surface area (Å²) in [5, 5.41) is 13.7. The molecule has 1 amide bonds. The third-order valence-electron chi connectivity index (χ3n) is 4.74. The lowest BCUT2D eigenvalue weighted by molar-refractivity contribution is 0.0958. The van der Waals surface area contributed by atoms with E-state index in [0.717, 1.165) is 16.9 Å². The van der Waals surface area contributed by atoms with Gasteiger partial charge in [0, 0.05) is 18.5 Å². The minimum atomic E-state index is -0.220. The van der Waals surface area contributed by atoms with Crippen molar-refractivity contribution in [3.05, 3.63) is 40.3 Å². The van der Waals surface area contributed by atoms with E-state index in [9.17, 15) is 9.90 Å². The lowest BCUT2D eigenvalue weighted by Gasteiger charge is -2.16. The number of carbonyl (C=O) groups excluding carboxylic acids is 1.